The Bertz CT molecular complexity index is 220. The summed E-state index contributed by atoms with van der Waals surface area (Å²) in [5.74, 6) is 0. The first-order valence-corrected chi connectivity index (χ1v) is 7.29. The Kier molecular flexibility index (Phi) is 4.83. The highest BCUT2D eigenvalue weighted by Gasteiger charge is 2.37. The molecular formula is C14H28N2O. The van der Waals surface area contributed by atoms with E-state index in [9.17, 15) is 0 Å². The summed E-state index contributed by atoms with van der Waals surface area (Å²) in [6.45, 7) is 6.26. The fourth-order valence-corrected chi connectivity index (χ4v) is 3.65. The van der Waals surface area contributed by atoms with Gasteiger partial charge in [-0.15, -0.1) is 0 Å². The summed E-state index contributed by atoms with van der Waals surface area (Å²) in [7, 11) is 2.11. The largest absolute Gasteiger partial charge is 0.377 e. The SMILES string of the molecule is CCOC(C)CN1C2CCCC1CC(NC)C2. The molecule has 0 aromatic heterocycles. The van der Waals surface area contributed by atoms with E-state index in [1.807, 2.05) is 0 Å². The molecule has 3 nitrogen and oxygen atoms in total. The van der Waals surface area contributed by atoms with Crippen LogP contribution in [0, 0.1) is 0 Å². The first kappa shape index (κ1) is 13.3. The quantitative estimate of drug-likeness (QED) is 0.795. The Morgan fingerprint density at radius 2 is 1.94 bits per heavy atom. The van der Waals surface area contributed by atoms with Gasteiger partial charge >= 0.3 is 0 Å². The van der Waals surface area contributed by atoms with Crippen LogP contribution in [0.25, 0.3) is 0 Å². The molecule has 0 aromatic carbocycles. The molecule has 0 radical (unpaired) electrons. The Morgan fingerprint density at radius 1 is 1.29 bits per heavy atom. The van der Waals surface area contributed by atoms with Crippen molar-refractivity contribution in [2.75, 3.05) is 20.2 Å². The number of fused-ring (bicyclic) bond motifs is 2. The highest BCUT2D eigenvalue weighted by atomic mass is 16.5. The number of nitrogens with one attached hydrogen (secondary N) is 1. The van der Waals surface area contributed by atoms with Crippen LogP contribution in [-0.2, 0) is 4.74 Å². The zero-order valence-electron chi connectivity index (χ0n) is 11.6. The molecule has 0 aliphatic carbocycles. The standard InChI is InChI=1S/C14H28N2O/c1-4-17-11(2)10-16-13-6-5-7-14(16)9-12(8-13)15-3/h11-15H,4-10H2,1-3H3. The summed E-state index contributed by atoms with van der Waals surface area (Å²) in [4.78, 5) is 2.73. The number of piperidine rings is 2. The van der Waals surface area contributed by atoms with Crippen LogP contribution in [0.1, 0.15) is 46.0 Å². The molecule has 1 N–H and O–H groups in total. The lowest BCUT2D eigenvalue weighted by Crippen LogP contribution is -2.57. The normalized spacial score (nSPS) is 35.8. The molecule has 2 heterocycles. The zero-order valence-corrected chi connectivity index (χ0v) is 11.6. The number of nitrogens with zero attached hydrogens (tertiary/aromatic N) is 1. The van der Waals surface area contributed by atoms with Crippen molar-refractivity contribution in [3.05, 3.63) is 0 Å². The molecule has 0 amide bonds. The smallest absolute Gasteiger partial charge is 0.0673 e. The summed E-state index contributed by atoms with van der Waals surface area (Å²) in [5, 5.41) is 3.47. The molecule has 3 atom stereocenters. The minimum absolute atomic E-state index is 0.384. The van der Waals surface area contributed by atoms with Gasteiger partial charge in [0.05, 0.1) is 6.10 Å². The number of hydrogen-bond donors (Lipinski definition) is 1. The van der Waals surface area contributed by atoms with Gasteiger partial charge in [0.15, 0.2) is 0 Å². The first-order valence-electron chi connectivity index (χ1n) is 7.29. The second-order valence-corrected chi connectivity index (χ2v) is 5.66. The van der Waals surface area contributed by atoms with Gasteiger partial charge in [0.25, 0.3) is 0 Å². The van der Waals surface area contributed by atoms with Gasteiger partial charge in [-0.1, -0.05) is 6.42 Å². The van der Waals surface area contributed by atoms with Gasteiger partial charge in [-0.05, 0) is 46.6 Å². The average Bonchev–Trinajstić information content (AvgIpc) is 2.28. The Balaban J connectivity index is 1.93. The van der Waals surface area contributed by atoms with E-state index in [0.29, 0.717) is 6.10 Å². The Morgan fingerprint density at radius 3 is 2.47 bits per heavy atom. The predicted molar refractivity (Wildman–Crippen MR) is 71.3 cm³/mol. The van der Waals surface area contributed by atoms with E-state index < -0.39 is 0 Å². The molecule has 2 bridgehead atoms. The summed E-state index contributed by atoms with van der Waals surface area (Å²) in [5.41, 5.74) is 0. The van der Waals surface area contributed by atoms with Gasteiger partial charge < -0.3 is 10.1 Å². The van der Waals surface area contributed by atoms with Crippen molar-refractivity contribution in [3.63, 3.8) is 0 Å². The van der Waals surface area contributed by atoms with E-state index >= 15 is 0 Å². The van der Waals surface area contributed by atoms with Crippen LogP contribution in [0.3, 0.4) is 0 Å². The highest BCUT2D eigenvalue weighted by Crippen LogP contribution is 2.34. The summed E-state index contributed by atoms with van der Waals surface area (Å²) in [6, 6.07) is 2.33. The van der Waals surface area contributed by atoms with Crippen LogP contribution in [0.2, 0.25) is 0 Å². The molecule has 2 rings (SSSR count). The summed E-state index contributed by atoms with van der Waals surface area (Å²) < 4.78 is 5.71. The molecule has 0 spiro atoms. The molecule has 0 aromatic rings. The fraction of sp³-hybridized carbons (Fsp3) is 1.00. The van der Waals surface area contributed by atoms with Crippen molar-refractivity contribution in [1.29, 1.82) is 0 Å². The van der Waals surface area contributed by atoms with Gasteiger partial charge in [0.1, 0.15) is 0 Å². The molecule has 2 saturated heterocycles. The molecule has 0 saturated carbocycles. The van der Waals surface area contributed by atoms with E-state index in [-0.39, 0.29) is 0 Å². The number of rotatable bonds is 5. The minimum atomic E-state index is 0.384. The molecule has 2 fully saturated rings. The molecular weight excluding hydrogens is 212 g/mol. The maximum Gasteiger partial charge on any atom is 0.0673 e. The Labute approximate surface area is 106 Å². The lowest BCUT2D eigenvalue weighted by molar-refractivity contribution is -0.0258. The molecule has 3 unspecified atom stereocenters. The van der Waals surface area contributed by atoms with Gasteiger partial charge in [-0.3, -0.25) is 4.90 Å². The molecule has 17 heavy (non-hydrogen) atoms. The van der Waals surface area contributed by atoms with Crippen LogP contribution in [0.4, 0.5) is 0 Å². The highest BCUT2D eigenvalue weighted by molar-refractivity contribution is 4.95. The maximum absolute atomic E-state index is 5.71. The first-order chi connectivity index (χ1) is 8.24. The van der Waals surface area contributed by atoms with Crippen molar-refractivity contribution < 1.29 is 4.74 Å². The topological polar surface area (TPSA) is 24.5 Å². The lowest BCUT2D eigenvalue weighted by atomic mass is 9.81. The number of ether oxygens (including phenoxy) is 1. The van der Waals surface area contributed by atoms with Crippen molar-refractivity contribution >= 4 is 0 Å². The molecule has 2 aliphatic rings. The van der Waals surface area contributed by atoms with Gasteiger partial charge in [-0.25, -0.2) is 0 Å². The van der Waals surface area contributed by atoms with Crippen LogP contribution >= 0.6 is 0 Å². The van der Waals surface area contributed by atoms with E-state index in [0.717, 1.165) is 31.3 Å². The fourth-order valence-electron chi connectivity index (χ4n) is 3.65. The van der Waals surface area contributed by atoms with E-state index in [1.54, 1.807) is 0 Å². The predicted octanol–water partition coefficient (Wildman–Crippen LogP) is 2.02. The summed E-state index contributed by atoms with van der Waals surface area (Å²) >= 11 is 0. The van der Waals surface area contributed by atoms with Crippen LogP contribution < -0.4 is 5.32 Å². The van der Waals surface area contributed by atoms with Gasteiger partial charge in [-0.2, -0.15) is 0 Å². The van der Waals surface area contributed by atoms with Gasteiger partial charge in [0, 0.05) is 31.3 Å². The minimum Gasteiger partial charge on any atom is -0.377 e. The van der Waals surface area contributed by atoms with E-state index in [1.165, 1.54) is 32.1 Å². The van der Waals surface area contributed by atoms with E-state index in [4.69, 9.17) is 4.74 Å². The maximum atomic E-state index is 5.71. The van der Waals surface area contributed by atoms with Crippen LogP contribution in [-0.4, -0.2) is 49.3 Å². The van der Waals surface area contributed by atoms with Gasteiger partial charge in [0.2, 0.25) is 0 Å². The van der Waals surface area contributed by atoms with Crippen molar-refractivity contribution in [1.82, 2.24) is 10.2 Å². The zero-order chi connectivity index (χ0) is 12.3. The van der Waals surface area contributed by atoms with Crippen LogP contribution in [0.5, 0.6) is 0 Å². The van der Waals surface area contributed by atoms with E-state index in [2.05, 4.69) is 31.1 Å². The number of hydrogen-bond acceptors (Lipinski definition) is 3. The molecule has 3 heteroatoms. The molecule has 100 valence electrons. The lowest BCUT2D eigenvalue weighted by Gasteiger charge is -2.49. The second kappa shape index (κ2) is 6.17. The Hall–Kier alpha value is -0.120. The summed E-state index contributed by atoms with van der Waals surface area (Å²) in [6.07, 6.45) is 7.22. The third kappa shape index (κ3) is 3.21. The average molecular weight is 240 g/mol. The monoisotopic (exact) mass is 240 g/mol. The third-order valence-corrected chi connectivity index (χ3v) is 4.45. The third-order valence-electron chi connectivity index (χ3n) is 4.45. The van der Waals surface area contributed by atoms with Crippen molar-refractivity contribution in [2.24, 2.45) is 0 Å². The molecule has 2 aliphatic heterocycles. The van der Waals surface area contributed by atoms with Crippen molar-refractivity contribution in [2.45, 2.75) is 70.2 Å². The second-order valence-electron chi connectivity index (χ2n) is 5.66. The van der Waals surface area contributed by atoms with Crippen molar-refractivity contribution in [3.8, 4) is 0 Å². The van der Waals surface area contributed by atoms with Crippen LogP contribution in [0.15, 0.2) is 0 Å².